The van der Waals surface area contributed by atoms with Crippen LogP contribution in [0.15, 0.2) is 24.3 Å². The standard InChI is InChI=1S/C19H31NO3/c1-3-23-16-18-12-10-17(11-13-18)15-20-19(21)9-7-5-4-6-8-14-22-2/h10-13H,3-9,14-16H2,1-2H3,(H,20,21). The van der Waals surface area contributed by atoms with Gasteiger partial charge >= 0.3 is 0 Å². The van der Waals surface area contributed by atoms with Crippen LogP contribution in [0, 0.1) is 0 Å². The van der Waals surface area contributed by atoms with E-state index in [-0.39, 0.29) is 5.91 Å². The summed E-state index contributed by atoms with van der Waals surface area (Å²) in [6.45, 7) is 4.80. The molecule has 1 aromatic carbocycles. The van der Waals surface area contributed by atoms with Crippen molar-refractivity contribution >= 4 is 5.91 Å². The zero-order valence-electron chi connectivity index (χ0n) is 14.6. The van der Waals surface area contributed by atoms with E-state index in [9.17, 15) is 4.79 Å². The van der Waals surface area contributed by atoms with Gasteiger partial charge in [0, 0.05) is 33.3 Å². The molecule has 0 heterocycles. The van der Waals surface area contributed by atoms with Gasteiger partial charge in [-0.05, 0) is 30.9 Å². The molecule has 130 valence electrons. The highest BCUT2D eigenvalue weighted by Gasteiger charge is 2.02. The molecule has 0 bridgehead atoms. The normalized spacial score (nSPS) is 10.7. The highest BCUT2D eigenvalue weighted by molar-refractivity contribution is 5.75. The van der Waals surface area contributed by atoms with Crippen molar-refractivity contribution in [3.63, 3.8) is 0 Å². The monoisotopic (exact) mass is 321 g/mol. The van der Waals surface area contributed by atoms with Crippen LogP contribution in [0.5, 0.6) is 0 Å². The predicted molar refractivity (Wildman–Crippen MR) is 93.2 cm³/mol. The minimum atomic E-state index is 0.139. The molecule has 0 aliphatic rings. The molecule has 0 saturated heterocycles. The van der Waals surface area contributed by atoms with Gasteiger partial charge in [0.2, 0.25) is 5.91 Å². The number of benzene rings is 1. The summed E-state index contributed by atoms with van der Waals surface area (Å²) in [5.41, 5.74) is 2.29. The van der Waals surface area contributed by atoms with Crippen LogP contribution in [0.2, 0.25) is 0 Å². The Labute approximate surface area is 140 Å². The third-order valence-corrected chi connectivity index (χ3v) is 3.74. The van der Waals surface area contributed by atoms with E-state index < -0.39 is 0 Å². The van der Waals surface area contributed by atoms with Gasteiger partial charge in [-0.2, -0.15) is 0 Å². The Balaban J connectivity index is 2.08. The summed E-state index contributed by atoms with van der Waals surface area (Å²) < 4.78 is 10.4. The Morgan fingerprint density at radius 2 is 1.65 bits per heavy atom. The molecule has 23 heavy (non-hydrogen) atoms. The number of hydrogen-bond acceptors (Lipinski definition) is 3. The second kappa shape index (κ2) is 13.1. The third-order valence-electron chi connectivity index (χ3n) is 3.74. The van der Waals surface area contributed by atoms with Crippen molar-refractivity contribution in [3.05, 3.63) is 35.4 Å². The molecule has 1 amide bonds. The Kier molecular flexibility index (Phi) is 11.2. The quantitative estimate of drug-likeness (QED) is 0.562. The molecular weight excluding hydrogens is 290 g/mol. The first-order chi connectivity index (χ1) is 11.3. The molecule has 4 nitrogen and oxygen atoms in total. The number of nitrogens with one attached hydrogen (secondary N) is 1. The van der Waals surface area contributed by atoms with Gasteiger partial charge in [0.25, 0.3) is 0 Å². The van der Waals surface area contributed by atoms with Crippen molar-refractivity contribution in [3.8, 4) is 0 Å². The summed E-state index contributed by atoms with van der Waals surface area (Å²) in [6, 6.07) is 8.20. The second-order valence-electron chi connectivity index (χ2n) is 5.74. The SMILES string of the molecule is CCOCc1ccc(CNC(=O)CCCCCCCOC)cc1. The fourth-order valence-corrected chi connectivity index (χ4v) is 2.32. The Hall–Kier alpha value is -1.39. The van der Waals surface area contributed by atoms with Crippen LogP contribution in [-0.4, -0.2) is 26.2 Å². The van der Waals surface area contributed by atoms with Crippen LogP contribution in [0.25, 0.3) is 0 Å². The summed E-state index contributed by atoms with van der Waals surface area (Å²) in [6.07, 6.45) is 6.17. The lowest BCUT2D eigenvalue weighted by atomic mass is 10.1. The highest BCUT2D eigenvalue weighted by atomic mass is 16.5. The van der Waals surface area contributed by atoms with Crippen molar-refractivity contribution in [1.82, 2.24) is 5.32 Å². The maximum Gasteiger partial charge on any atom is 0.220 e. The van der Waals surface area contributed by atoms with E-state index in [0.717, 1.165) is 43.6 Å². The Morgan fingerprint density at radius 1 is 1.00 bits per heavy atom. The molecule has 0 radical (unpaired) electrons. The van der Waals surface area contributed by atoms with Gasteiger partial charge in [-0.1, -0.05) is 43.5 Å². The first-order valence-electron chi connectivity index (χ1n) is 8.67. The van der Waals surface area contributed by atoms with Crippen molar-refractivity contribution in [2.45, 2.75) is 58.6 Å². The average Bonchev–Trinajstić information content (AvgIpc) is 2.58. The van der Waals surface area contributed by atoms with Gasteiger partial charge in [-0.25, -0.2) is 0 Å². The summed E-state index contributed by atoms with van der Waals surface area (Å²) >= 11 is 0. The van der Waals surface area contributed by atoms with Gasteiger partial charge < -0.3 is 14.8 Å². The fraction of sp³-hybridized carbons (Fsp3) is 0.632. The molecule has 0 saturated carbocycles. The van der Waals surface area contributed by atoms with Crippen molar-refractivity contribution in [2.24, 2.45) is 0 Å². The molecular formula is C19H31NO3. The molecule has 0 aromatic heterocycles. The topological polar surface area (TPSA) is 47.6 Å². The summed E-state index contributed by atoms with van der Waals surface area (Å²) in [5.74, 6) is 0.139. The number of carbonyl (C=O) groups is 1. The van der Waals surface area contributed by atoms with Gasteiger partial charge in [-0.3, -0.25) is 4.79 Å². The van der Waals surface area contributed by atoms with E-state index in [4.69, 9.17) is 9.47 Å². The van der Waals surface area contributed by atoms with Crippen LogP contribution in [0.1, 0.15) is 56.6 Å². The maximum atomic E-state index is 11.8. The van der Waals surface area contributed by atoms with E-state index >= 15 is 0 Å². The molecule has 0 aliphatic heterocycles. The lowest BCUT2D eigenvalue weighted by molar-refractivity contribution is -0.121. The zero-order chi connectivity index (χ0) is 16.8. The molecule has 0 atom stereocenters. The highest BCUT2D eigenvalue weighted by Crippen LogP contribution is 2.07. The first-order valence-corrected chi connectivity index (χ1v) is 8.67. The molecule has 1 N–H and O–H groups in total. The lowest BCUT2D eigenvalue weighted by Crippen LogP contribution is -2.22. The van der Waals surface area contributed by atoms with E-state index in [0.29, 0.717) is 19.6 Å². The number of carbonyl (C=O) groups excluding carboxylic acids is 1. The minimum Gasteiger partial charge on any atom is -0.385 e. The number of amides is 1. The third kappa shape index (κ3) is 10.1. The van der Waals surface area contributed by atoms with Gasteiger partial charge in [-0.15, -0.1) is 0 Å². The van der Waals surface area contributed by atoms with Crippen LogP contribution >= 0.6 is 0 Å². The number of unbranched alkanes of at least 4 members (excludes halogenated alkanes) is 4. The van der Waals surface area contributed by atoms with Gasteiger partial charge in [0.1, 0.15) is 0 Å². The van der Waals surface area contributed by atoms with Crippen molar-refractivity contribution in [2.75, 3.05) is 20.3 Å². The molecule has 0 aliphatic carbocycles. The van der Waals surface area contributed by atoms with Crippen LogP contribution in [0.4, 0.5) is 0 Å². The van der Waals surface area contributed by atoms with E-state index in [2.05, 4.69) is 17.4 Å². The number of ether oxygens (including phenoxy) is 2. The van der Waals surface area contributed by atoms with E-state index in [1.54, 1.807) is 7.11 Å². The number of hydrogen-bond donors (Lipinski definition) is 1. The van der Waals surface area contributed by atoms with Crippen LogP contribution in [-0.2, 0) is 27.4 Å². The summed E-state index contributed by atoms with van der Waals surface area (Å²) in [5, 5.41) is 2.98. The first kappa shape index (κ1) is 19.7. The average molecular weight is 321 g/mol. The predicted octanol–water partition coefficient (Wildman–Crippen LogP) is 3.83. The molecule has 1 rings (SSSR count). The van der Waals surface area contributed by atoms with Crippen molar-refractivity contribution in [1.29, 1.82) is 0 Å². The summed E-state index contributed by atoms with van der Waals surface area (Å²) in [4.78, 5) is 11.8. The largest absolute Gasteiger partial charge is 0.385 e. The lowest BCUT2D eigenvalue weighted by Gasteiger charge is -2.07. The molecule has 4 heteroatoms. The van der Waals surface area contributed by atoms with Crippen LogP contribution < -0.4 is 5.32 Å². The Bertz CT molecular complexity index is 417. The van der Waals surface area contributed by atoms with E-state index in [1.807, 2.05) is 19.1 Å². The fourth-order valence-electron chi connectivity index (χ4n) is 2.32. The Morgan fingerprint density at radius 3 is 2.35 bits per heavy atom. The van der Waals surface area contributed by atoms with Crippen LogP contribution in [0.3, 0.4) is 0 Å². The smallest absolute Gasteiger partial charge is 0.220 e. The number of methoxy groups -OCH3 is 1. The van der Waals surface area contributed by atoms with E-state index in [1.165, 1.54) is 12.8 Å². The molecule has 0 spiro atoms. The van der Waals surface area contributed by atoms with Gasteiger partial charge in [0.15, 0.2) is 0 Å². The second-order valence-corrected chi connectivity index (χ2v) is 5.74. The molecule has 1 aromatic rings. The molecule has 0 unspecified atom stereocenters. The minimum absolute atomic E-state index is 0.139. The number of rotatable bonds is 13. The summed E-state index contributed by atoms with van der Waals surface area (Å²) in [7, 11) is 1.73. The van der Waals surface area contributed by atoms with Crippen molar-refractivity contribution < 1.29 is 14.3 Å². The maximum absolute atomic E-state index is 11.8. The van der Waals surface area contributed by atoms with Gasteiger partial charge in [0.05, 0.1) is 6.61 Å². The zero-order valence-corrected chi connectivity index (χ0v) is 14.6. The molecule has 0 fully saturated rings.